The van der Waals surface area contributed by atoms with Crippen molar-refractivity contribution in [2.24, 2.45) is 5.92 Å². The molecule has 4 heteroatoms. The van der Waals surface area contributed by atoms with Gasteiger partial charge in [-0.15, -0.1) is 0 Å². The predicted octanol–water partition coefficient (Wildman–Crippen LogP) is 3.00. The van der Waals surface area contributed by atoms with Crippen LogP contribution in [0.5, 0.6) is 0 Å². The van der Waals surface area contributed by atoms with E-state index in [4.69, 9.17) is 4.98 Å². The Morgan fingerprint density at radius 3 is 2.59 bits per heavy atom. The van der Waals surface area contributed by atoms with Gasteiger partial charge in [-0.3, -0.25) is 0 Å². The van der Waals surface area contributed by atoms with Gasteiger partial charge in [0.2, 0.25) is 0 Å². The molecule has 96 valence electrons. The first kappa shape index (κ1) is 12.8. The third kappa shape index (κ3) is 2.99. The summed E-state index contributed by atoms with van der Waals surface area (Å²) in [5.74, 6) is 1.26. The first-order valence-corrected chi connectivity index (χ1v) is 7.32. The topological polar surface area (TPSA) is 36.4 Å². The predicted molar refractivity (Wildman–Crippen MR) is 72.7 cm³/mol. The maximum atomic E-state index is 9.38. The van der Waals surface area contributed by atoms with Gasteiger partial charge >= 0.3 is 0 Å². The van der Waals surface area contributed by atoms with Crippen molar-refractivity contribution in [3.63, 3.8) is 0 Å². The third-order valence-electron chi connectivity index (χ3n) is 3.23. The molecule has 17 heavy (non-hydrogen) atoms. The van der Waals surface area contributed by atoms with E-state index in [1.807, 2.05) is 0 Å². The second-order valence-electron chi connectivity index (χ2n) is 5.10. The third-order valence-corrected chi connectivity index (χ3v) is 4.35. The van der Waals surface area contributed by atoms with E-state index in [0.717, 1.165) is 34.7 Å². The lowest BCUT2D eigenvalue weighted by Gasteiger charge is -2.19. The number of aliphatic hydroxyl groups excluding tert-OH is 1. The van der Waals surface area contributed by atoms with Crippen LogP contribution in [0.25, 0.3) is 0 Å². The summed E-state index contributed by atoms with van der Waals surface area (Å²) in [5.41, 5.74) is 1.07. The maximum Gasteiger partial charge on any atom is 0.185 e. The second kappa shape index (κ2) is 5.36. The van der Waals surface area contributed by atoms with E-state index >= 15 is 0 Å². The number of thiazole rings is 1. The molecule has 1 aliphatic rings. The van der Waals surface area contributed by atoms with E-state index in [-0.39, 0.29) is 6.61 Å². The van der Waals surface area contributed by atoms with E-state index in [1.165, 1.54) is 12.8 Å². The molecular formula is C13H22N2OS. The Labute approximate surface area is 107 Å². The van der Waals surface area contributed by atoms with Crippen molar-refractivity contribution in [1.82, 2.24) is 4.98 Å². The largest absolute Gasteiger partial charge is 0.391 e. The van der Waals surface area contributed by atoms with Gasteiger partial charge in [0.15, 0.2) is 5.13 Å². The highest BCUT2D eigenvalue weighted by Gasteiger charge is 2.26. The van der Waals surface area contributed by atoms with E-state index in [0.29, 0.717) is 5.92 Å². The van der Waals surface area contributed by atoms with Gasteiger partial charge in [-0.2, -0.15) is 0 Å². The molecule has 0 amide bonds. The molecule has 1 aromatic rings. The molecule has 0 bridgehead atoms. The lowest BCUT2D eigenvalue weighted by Crippen LogP contribution is -2.25. The smallest absolute Gasteiger partial charge is 0.185 e. The molecule has 0 aromatic carbocycles. The molecule has 1 saturated carbocycles. The second-order valence-corrected chi connectivity index (χ2v) is 6.16. The molecule has 1 fully saturated rings. The summed E-state index contributed by atoms with van der Waals surface area (Å²) in [6, 6.07) is 0. The Morgan fingerprint density at radius 2 is 2.18 bits per heavy atom. The molecule has 1 heterocycles. The van der Waals surface area contributed by atoms with E-state index < -0.39 is 0 Å². The summed E-state index contributed by atoms with van der Waals surface area (Å²) < 4.78 is 0. The molecule has 0 unspecified atom stereocenters. The molecule has 0 radical (unpaired) electrons. The summed E-state index contributed by atoms with van der Waals surface area (Å²) in [6.07, 6.45) is 2.73. The first-order chi connectivity index (χ1) is 8.15. The van der Waals surface area contributed by atoms with E-state index in [9.17, 15) is 5.11 Å². The van der Waals surface area contributed by atoms with Gasteiger partial charge < -0.3 is 10.0 Å². The van der Waals surface area contributed by atoms with Crippen LogP contribution in [0.2, 0.25) is 0 Å². The van der Waals surface area contributed by atoms with E-state index in [2.05, 4.69) is 25.7 Å². The van der Waals surface area contributed by atoms with Crippen LogP contribution in [-0.4, -0.2) is 23.2 Å². The van der Waals surface area contributed by atoms with Crippen LogP contribution in [0.15, 0.2) is 0 Å². The van der Waals surface area contributed by atoms with Crippen LogP contribution in [0.1, 0.15) is 50.1 Å². The number of rotatable bonds is 6. The molecule has 1 N–H and O–H groups in total. The molecule has 1 aromatic heterocycles. The zero-order chi connectivity index (χ0) is 12.4. The van der Waals surface area contributed by atoms with Crippen molar-refractivity contribution < 1.29 is 5.11 Å². The highest BCUT2D eigenvalue weighted by atomic mass is 32.1. The zero-order valence-electron chi connectivity index (χ0n) is 10.9. The van der Waals surface area contributed by atoms with Gasteiger partial charge in [0.25, 0.3) is 0 Å². The maximum absolute atomic E-state index is 9.38. The fourth-order valence-corrected chi connectivity index (χ4v) is 3.15. The molecule has 0 atom stereocenters. The number of hydrogen-bond acceptors (Lipinski definition) is 4. The zero-order valence-corrected chi connectivity index (χ0v) is 11.8. The molecule has 1 aliphatic carbocycles. The number of aromatic nitrogens is 1. The SMILES string of the molecule is CCN(CC1CC1)c1nc(C(C)C)c(CO)s1. The van der Waals surface area contributed by atoms with Gasteiger partial charge in [0.1, 0.15) is 0 Å². The van der Waals surface area contributed by atoms with Crippen molar-refractivity contribution in [1.29, 1.82) is 0 Å². The highest BCUT2D eigenvalue weighted by molar-refractivity contribution is 7.15. The van der Waals surface area contributed by atoms with Crippen molar-refractivity contribution in [2.45, 2.75) is 46.1 Å². The molecule has 2 rings (SSSR count). The Hall–Kier alpha value is -0.610. The number of hydrogen-bond donors (Lipinski definition) is 1. The number of aliphatic hydroxyl groups is 1. The molecule has 3 nitrogen and oxygen atoms in total. The lowest BCUT2D eigenvalue weighted by molar-refractivity contribution is 0.283. The molecule has 0 aliphatic heterocycles. The van der Waals surface area contributed by atoms with E-state index in [1.54, 1.807) is 11.3 Å². The minimum absolute atomic E-state index is 0.117. The van der Waals surface area contributed by atoms with Crippen LogP contribution in [-0.2, 0) is 6.61 Å². The number of anilines is 1. The highest BCUT2D eigenvalue weighted by Crippen LogP contribution is 2.35. The summed E-state index contributed by atoms with van der Waals surface area (Å²) in [4.78, 5) is 8.10. The average Bonchev–Trinajstić information content (AvgIpc) is 3.02. The van der Waals surface area contributed by atoms with Crippen molar-refractivity contribution in [2.75, 3.05) is 18.0 Å². The Kier molecular flexibility index (Phi) is 4.05. The number of nitrogens with zero attached hydrogens (tertiary/aromatic N) is 2. The quantitative estimate of drug-likeness (QED) is 0.848. The lowest BCUT2D eigenvalue weighted by atomic mass is 10.1. The molecular weight excluding hydrogens is 232 g/mol. The van der Waals surface area contributed by atoms with Gasteiger partial charge in [-0.1, -0.05) is 25.2 Å². The van der Waals surface area contributed by atoms with Crippen LogP contribution in [0.4, 0.5) is 5.13 Å². The standard InChI is InChI=1S/C13H22N2OS/c1-4-15(7-10-5-6-10)13-14-12(9(2)3)11(8-16)17-13/h9-10,16H,4-8H2,1-3H3. The Bertz CT molecular complexity index is 371. The fraction of sp³-hybridized carbons (Fsp3) is 0.769. The minimum atomic E-state index is 0.117. The fourth-order valence-electron chi connectivity index (χ4n) is 2.00. The summed E-state index contributed by atoms with van der Waals surface area (Å²) in [7, 11) is 0. The summed E-state index contributed by atoms with van der Waals surface area (Å²) >= 11 is 1.66. The van der Waals surface area contributed by atoms with Gasteiger partial charge in [0.05, 0.1) is 17.2 Å². The Balaban J connectivity index is 2.17. The van der Waals surface area contributed by atoms with Crippen LogP contribution in [0.3, 0.4) is 0 Å². The Morgan fingerprint density at radius 1 is 1.47 bits per heavy atom. The molecule has 0 saturated heterocycles. The van der Waals surface area contributed by atoms with Crippen molar-refractivity contribution >= 4 is 16.5 Å². The minimum Gasteiger partial charge on any atom is -0.391 e. The van der Waals surface area contributed by atoms with Crippen LogP contribution in [0, 0.1) is 5.92 Å². The normalized spacial score (nSPS) is 15.6. The van der Waals surface area contributed by atoms with Crippen molar-refractivity contribution in [3.8, 4) is 0 Å². The van der Waals surface area contributed by atoms with Gasteiger partial charge in [-0.05, 0) is 31.6 Å². The van der Waals surface area contributed by atoms with Gasteiger partial charge in [0, 0.05) is 13.1 Å². The molecule has 0 spiro atoms. The summed E-state index contributed by atoms with van der Waals surface area (Å²) in [6.45, 7) is 8.70. The van der Waals surface area contributed by atoms with Crippen molar-refractivity contribution in [3.05, 3.63) is 10.6 Å². The monoisotopic (exact) mass is 254 g/mol. The van der Waals surface area contributed by atoms with Crippen LogP contribution < -0.4 is 4.90 Å². The summed E-state index contributed by atoms with van der Waals surface area (Å²) in [5, 5.41) is 10.5. The van der Waals surface area contributed by atoms with Crippen LogP contribution >= 0.6 is 11.3 Å². The first-order valence-electron chi connectivity index (χ1n) is 6.51. The van der Waals surface area contributed by atoms with Gasteiger partial charge in [-0.25, -0.2) is 4.98 Å². The average molecular weight is 254 g/mol.